The predicted octanol–water partition coefficient (Wildman–Crippen LogP) is 3.57. The van der Waals surface area contributed by atoms with Gasteiger partial charge in [0.15, 0.2) is 11.6 Å². The molecular formula is C11H8BrF2N3. The Morgan fingerprint density at radius 1 is 1.24 bits per heavy atom. The lowest BCUT2D eigenvalue weighted by atomic mass is 10.3. The van der Waals surface area contributed by atoms with Gasteiger partial charge in [-0.25, -0.2) is 18.7 Å². The van der Waals surface area contributed by atoms with E-state index < -0.39 is 11.6 Å². The highest BCUT2D eigenvalue weighted by Gasteiger charge is 2.08. The van der Waals surface area contributed by atoms with Crippen LogP contribution in [-0.2, 0) is 0 Å². The molecule has 0 unspecified atom stereocenters. The minimum absolute atomic E-state index is 0.0370. The average molecular weight is 300 g/mol. The van der Waals surface area contributed by atoms with Crippen LogP contribution in [0.3, 0.4) is 0 Å². The zero-order valence-corrected chi connectivity index (χ0v) is 10.4. The van der Waals surface area contributed by atoms with E-state index in [9.17, 15) is 8.78 Å². The van der Waals surface area contributed by atoms with E-state index in [4.69, 9.17) is 0 Å². The largest absolute Gasteiger partial charge is 0.338 e. The van der Waals surface area contributed by atoms with Crippen molar-refractivity contribution in [2.75, 3.05) is 5.32 Å². The van der Waals surface area contributed by atoms with Crippen LogP contribution in [0.25, 0.3) is 0 Å². The summed E-state index contributed by atoms with van der Waals surface area (Å²) in [4.78, 5) is 8.07. The van der Waals surface area contributed by atoms with Gasteiger partial charge in [-0.1, -0.05) is 6.07 Å². The Hall–Kier alpha value is -1.56. The molecule has 0 saturated carbocycles. The van der Waals surface area contributed by atoms with E-state index in [1.54, 1.807) is 13.0 Å². The summed E-state index contributed by atoms with van der Waals surface area (Å²) in [6.07, 6.45) is 0. The van der Waals surface area contributed by atoms with Crippen LogP contribution in [0.5, 0.6) is 0 Å². The first-order valence-corrected chi connectivity index (χ1v) is 5.58. The first-order chi connectivity index (χ1) is 8.06. The highest BCUT2D eigenvalue weighted by atomic mass is 79.9. The number of benzene rings is 1. The molecule has 0 saturated heterocycles. The molecule has 6 heteroatoms. The topological polar surface area (TPSA) is 37.8 Å². The summed E-state index contributed by atoms with van der Waals surface area (Å²) < 4.78 is 27.0. The Morgan fingerprint density at radius 2 is 2.00 bits per heavy atom. The zero-order chi connectivity index (χ0) is 12.4. The molecule has 0 radical (unpaired) electrons. The number of hydrogen-bond acceptors (Lipinski definition) is 3. The fourth-order valence-corrected chi connectivity index (χ4v) is 1.81. The summed E-state index contributed by atoms with van der Waals surface area (Å²) >= 11 is 3.20. The molecule has 0 fully saturated rings. The monoisotopic (exact) mass is 299 g/mol. The Kier molecular flexibility index (Phi) is 3.33. The third kappa shape index (κ3) is 2.76. The lowest BCUT2D eigenvalue weighted by Gasteiger charge is -2.07. The van der Waals surface area contributed by atoms with Crippen molar-refractivity contribution in [1.82, 2.24) is 9.97 Å². The van der Waals surface area contributed by atoms with Gasteiger partial charge in [0.2, 0.25) is 0 Å². The zero-order valence-electron chi connectivity index (χ0n) is 8.84. The molecule has 0 amide bonds. The van der Waals surface area contributed by atoms with Crippen LogP contribution in [0.4, 0.5) is 20.3 Å². The maximum Gasteiger partial charge on any atom is 0.182 e. The van der Waals surface area contributed by atoms with Crippen LogP contribution in [0.15, 0.2) is 28.9 Å². The SMILES string of the molecule is Cc1nc(Br)cc(Nc2cccc(F)c2F)n1. The molecule has 88 valence electrons. The quantitative estimate of drug-likeness (QED) is 0.862. The van der Waals surface area contributed by atoms with Crippen molar-refractivity contribution in [3.8, 4) is 0 Å². The van der Waals surface area contributed by atoms with Crippen molar-refractivity contribution in [2.45, 2.75) is 6.92 Å². The lowest BCUT2D eigenvalue weighted by Crippen LogP contribution is -2.00. The highest BCUT2D eigenvalue weighted by molar-refractivity contribution is 9.10. The van der Waals surface area contributed by atoms with Crippen molar-refractivity contribution < 1.29 is 8.78 Å². The van der Waals surface area contributed by atoms with Crippen molar-refractivity contribution in [3.05, 3.63) is 46.3 Å². The lowest BCUT2D eigenvalue weighted by molar-refractivity contribution is 0.511. The van der Waals surface area contributed by atoms with Crippen molar-refractivity contribution in [2.24, 2.45) is 0 Å². The number of aryl methyl sites for hydroxylation is 1. The molecule has 1 aromatic heterocycles. The molecule has 2 aromatic rings. The van der Waals surface area contributed by atoms with Crippen LogP contribution in [-0.4, -0.2) is 9.97 Å². The van der Waals surface area contributed by atoms with Gasteiger partial charge in [-0.3, -0.25) is 0 Å². The van der Waals surface area contributed by atoms with Crippen LogP contribution in [0.1, 0.15) is 5.82 Å². The maximum atomic E-state index is 13.4. The Morgan fingerprint density at radius 3 is 2.71 bits per heavy atom. The van der Waals surface area contributed by atoms with Gasteiger partial charge in [-0.2, -0.15) is 0 Å². The van der Waals surface area contributed by atoms with Crippen LogP contribution >= 0.6 is 15.9 Å². The maximum absolute atomic E-state index is 13.4. The summed E-state index contributed by atoms with van der Waals surface area (Å²) in [7, 11) is 0. The number of anilines is 2. The summed E-state index contributed by atoms with van der Waals surface area (Å²) in [5.74, 6) is -0.910. The van der Waals surface area contributed by atoms with Crippen molar-refractivity contribution >= 4 is 27.4 Å². The molecule has 3 nitrogen and oxygen atoms in total. The van der Waals surface area contributed by atoms with Crippen LogP contribution < -0.4 is 5.32 Å². The summed E-state index contributed by atoms with van der Waals surface area (Å²) in [5.41, 5.74) is 0.0370. The molecule has 0 spiro atoms. The standard InChI is InChI=1S/C11H8BrF2N3/c1-6-15-9(12)5-10(16-6)17-8-4-2-3-7(13)11(8)14/h2-5H,1H3,(H,15,16,17). The van der Waals surface area contributed by atoms with E-state index >= 15 is 0 Å². The van der Waals surface area contributed by atoms with Crippen molar-refractivity contribution in [3.63, 3.8) is 0 Å². The van der Waals surface area contributed by atoms with E-state index in [2.05, 4.69) is 31.2 Å². The molecule has 1 N–H and O–H groups in total. The number of nitrogens with zero attached hydrogens (tertiary/aromatic N) is 2. The van der Waals surface area contributed by atoms with Crippen molar-refractivity contribution in [1.29, 1.82) is 0 Å². The van der Waals surface area contributed by atoms with E-state index in [1.165, 1.54) is 12.1 Å². The van der Waals surface area contributed by atoms with E-state index in [0.29, 0.717) is 16.2 Å². The van der Waals surface area contributed by atoms with Gasteiger partial charge in [-0.05, 0) is 35.0 Å². The second-order valence-corrected chi connectivity index (χ2v) is 4.16. The molecule has 2 rings (SSSR count). The highest BCUT2D eigenvalue weighted by Crippen LogP contribution is 2.21. The minimum Gasteiger partial charge on any atom is -0.338 e. The fraction of sp³-hybridized carbons (Fsp3) is 0.0909. The number of nitrogens with one attached hydrogen (secondary N) is 1. The van der Waals surface area contributed by atoms with E-state index in [0.717, 1.165) is 6.07 Å². The summed E-state index contributed by atoms with van der Waals surface area (Å²) in [6.45, 7) is 1.71. The molecule has 17 heavy (non-hydrogen) atoms. The Bertz CT molecular complexity index is 540. The normalized spacial score (nSPS) is 10.4. The number of rotatable bonds is 2. The third-order valence-corrected chi connectivity index (χ3v) is 2.43. The average Bonchev–Trinajstić information content (AvgIpc) is 2.23. The minimum atomic E-state index is -0.931. The van der Waals surface area contributed by atoms with Gasteiger partial charge in [0.05, 0.1) is 5.69 Å². The molecule has 1 heterocycles. The first-order valence-electron chi connectivity index (χ1n) is 4.78. The number of hydrogen-bond donors (Lipinski definition) is 1. The Balaban J connectivity index is 2.34. The molecule has 1 aromatic carbocycles. The number of halogens is 3. The molecular weight excluding hydrogens is 292 g/mol. The predicted molar refractivity (Wildman–Crippen MR) is 64.1 cm³/mol. The summed E-state index contributed by atoms with van der Waals surface area (Å²) in [5, 5.41) is 2.70. The van der Waals surface area contributed by atoms with E-state index in [-0.39, 0.29) is 5.69 Å². The Labute approximate surface area is 105 Å². The smallest absolute Gasteiger partial charge is 0.182 e. The molecule has 0 aliphatic rings. The summed E-state index contributed by atoms with van der Waals surface area (Å²) in [6, 6.07) is 5.49. The van der Waals surface area contributed by atoms with Crippen LogP contribution in [0, 0.1) is 18.6 Å². The molecule has 0 atom stereocenters. The van der Waals surface area contributed by atoms with Gasteiger partial charge in [-0.15, -0.1) is 0 Å². The van der Waals surface area contributed by atoms with Gasteiger partial charge in [0, 0.05) is 6.07 Å². The van der Waals surface area contributed by atoms with Gasteiger partial charge >= 0.3 is 0 Å². The second kappa shape index (κ2) is 4.75. The molecule has 0 aliphatic carbocycles. The van der Waals surface area contributed by atoms with Gasteiger partial charge in [0.25, 0.3) is 0 Å². The second-order valence-electron chi connectivity index (χ2n) is 3.35. The molecule has 0 bridgehead atoms. The van der Waals surface area contributed by atoms with Gasteiger partial charge in [0.1, 0.15) is 16.2 Å². The van der Waals surface area contributed by atoms with Gasteiger partial charge < -0.3 is 5.32 Å². The van der Waals surface area contributed by atoms with E-state index in [1.807, 2.05) is 0 Å². The molecule has 0 aliphatic heterocycles. The van der Waals surface area contributed by atoms with Crippen LogP contribution in [0.2, 0.25) is 0 Å². The first kappa shape index (κ1) is 11.9. The third-order valence-electron chi connectivity index (χ3n) is 2.02. The fourth-order valence-electron chi connectivity index (χ4n) is 1.33. The number of aromatic nitrogens is 2.